The molecule has 0 atom stereocenters. The van der Waals surface area contributed by atoms with E-state index in [9.17, 15) is 9.59 Å². The number of hydrogen-bond donors (Lipinski definition) is 1. The summed E-state index contributed by atoms with van der Waals surface area (Å²) in [6.07, 6.45) is 0. The molecule has 0 aliphatic rings. The molecule has 6 nitrogen and oxygen atoms in total. The summed E-state index contributed by atoms with van der Waals surface area (Å²) in [5.41, 5.74) is 1.34. The molecule has 2 rings (SSSR count). The Balaban J connectivity index is 2.98. The van der Waals surface area contributed by atoms with E-state index in [0.29, 0.717) is 17.0 Å². The second kappa shape index (κ2) is 3.01. The van der Waals surface area contributed by atoms with Crippen molar-refractivity contribution in [2.75, 3.05) is 0 Å². The minimum Gasteiger partial charge on any atom is -0.294 e. The SMILES string of the molecule is CC(=O)c1c(C)[nH]n2c(=O)c(C)nnc12. The summed E-state index contributed by atoms with van der Waals surface area (Å²) in [5.74, 6) is -0.135. The third-order valence-electron chi connectivity index (χ3n) is 2.25. The van der Waals surface area contributed by atoms with E-state index >= 15 is 0 Å². The summed E-state index contributed by atoms with van der Waals surface area (Å²) in [4.78, 5) is 23.0. The number of fused-ring (bicyclic) bond motifs is 1. The van der Waals surface area contributed by atoms with E-state index in [0.717, 1.165) is 0 Å². The van der Waals surface area contributed by atoms with Crippen LogP contribution in [0.2, 0.25) is 0 Å². The number of H-pyrrole nitrogens is 1. The van der Waals surface area contributed by atoms with Gasteiger partial charge in [0.15, 0.2) is 11.4 Å². The highest BCUT2D eigenvalue weighted by Gasteiger charge is 2.16. The van der Waals surface area contributed by atoms with Crippen LogP contribution in [0.25, 0.3) is 5.65 Å². The molecule has 0 amide bonds. The molecule has 2 heterocycles. The van der Waals surface area contributed by atoms with Gasteiger partial charge < -0.3 is 0 Å². The first-order valence-electron chi connectivity index (χ1n) is 4.48. The fourth-order valence-corrected chi connectivity index (χ4v) is 1.55. The van der Waals surface area contributed by atoms with Crippen molar-refractivity contribution in [1.29, 1.82) is 0 Å². The number of Topliss-reactive ketones (excluding diaryl/α,β-unsaturated/α-hetero) is 1. The number of nitrogens with zero attached hydrogens (tertiary/aromatic N) is 3. The summed E-state index contributed by atoms with van der Waals surface area (Å²) in [7, 11) is 0. The Kier molecular flexibility index (Phi) is 1.92. The number of rotatable bonds is 1. The van der Waals surface area contributed by atoms with Crippen molar-refractivity contribution < 1.29 is 4.79 Å². The van der Waals surface area contributed by atoms with Gasteiger partial charge >= 0.3 is 0 Å². The van der Waals surface area contributed by atoms with E-state index in [1.807, 2.05) is 0 Å². The van der Waals surface area contributed by atoms with Crippen LogP contribution in [0.15, 0.2) is 4.79 Å². The molecule has 0 aliphatic heterocycles. The maximum Gasteiger partial charge on any atom is 0.294 e. The average molecular weight is 206 g/mol. The van der Waals surface area contributed by atoms with Crippen molar-refractivity contribution >= 4 is 11.4 Å². The molecule has 78 valence electrons. The van der Waals surface area contributed by atoms with E-state index in [4.69, 9.17) is 0 Å². The van der Waals surface area contributed by atoms with E-state index in [2.05, 4.69) is 15.3 Å². The van der Waals surface area contributed by atoms with Gasteiger partial charge in [-0.3, -0.25) is 14.7 Å². The number of nitrogens with one attached hydrogen (secondary N) is 1. The second-order valence-electron chi connectivity index (χ2n) is 3.42. The summed E-state index contributed by atoms with van der Waals surface area (Å²) in [6.45, 7) is 4.73. The Hall–Kier alpha value is -1.98. The van der Waals surface area contributed by atoms with Crippen LogP contribution in [0, 0.1) is 13.8 Å². The highest BCUT2D eigenvalue weighted by Crippen LogP contribution is 2.11. The molecule has 0 saturated heterocycles. The summed E-state index contributed by atoms with van der Waals surface area (Å²) >= 11 is 0. The third kappa shape index (κ3) is 1.25. The van der Waals surface area contributed by atoms with Crippen LogP contribution in [-0.2, 0) is 0 Å². The van der Waals surface area contributed by atoms with Crippen LogP contribution >= 0.6 is 0 Å². The third-order valence-corrected chi connectivity index (χ3v) is 2.25. The van der Waals surface area contributed by atoms with Gasteiger partial charge in [0.1, 0.15) is 5.69 Å². The topological polar surface area (TPSA) is 80.1 Å². The van der Waals surface area contributed by atoms with Gasteiger partial charge in [-0.05, 0) is 20.8 Å². The molecular formula is C9H10N4O2. The maximum absolute atomic E-state index is 11.6. The lowest BCUT2D eigenvalue weighted by atomic mass is 10.2. The molecule has 6 heteroatoms. The van der Waals surface area contributed by atoms with Crippen LogP contribution in [0.3, 0.4) is 0 Å². The Labute approximate surface area is 84.9 Å². The summed E-state index contributed by atoms with van der Waals surface area (Å²) in [5, 5.41) is 10.4. The number of hydrogen-bond acceptors (Lipinski definition) is 4. The molecule has 15 heavy (non-hydrogen) atoms. The lowest BCUT2D eigenvalue weighted by Gasteiger charge is -1.93. The Bertz CT molecular complexity index is 608. The monoisotopic (exact) mass is 206 g/mol. The van der Waals surface area contributed by atoms with Gasteiger partial charge in [0.25, 0.3) is 5.56 Å². The molecule has 0 bridgehead atoms. The van der Waals surface area contributed by atoms with Gasteiger partial charge in [0, 0.05) is 5.69 Å². The quantitative estimate of drug-likeness (QED) is 0.677. The van der Waals surface area contributed by atoms with Crippen molar-refractivity contribution in [2.45, 2.75) is 20.8 Å². The molecule has 2 aromatic heterocycles. The number of aromatic amines is 1. The van der Waals surface area contributed by atoms with Gasteiger partial charge in [-0.2, -0.15) is 4.52 Å². The molecule has 0 saturated carbocycles. The van der Waals surface area contributed by atoms with Crippen molar-refractivity contribution in [3.8, 4) is 0 Å². The molecule has 0 unspecified atom stereocenters. The van der Waals surface area contributed by atoms with Crippen molar-refractivity contribution in [3.63, 3.8) is 0 Å². The van der Waals surface area contributed by atoms with Crippen molar-refractivity contribution in [2.24, 2.45) is 0 Å². The molecule has 0 spiro atoms. The molecule has 0 aliphatic carbocycles. The minimum absolute atomic E-state index is 0.135. The number of aromatic nitrogens is 4. The number of carbonyl (C=O) groups is 1. The van der Waals surface area contributed by atoms with Crippen LogP contribution < -0.4 is 5.56 Å². The number of carbonyl (C=O) groups excluding carboxylic acids is 1. The van der Waals surface area contributed by atoms with Gasteiger partial charge in [-0.25, -0.2) is 0 Å². The zero-order valence-electron chi connectivity index (χ0n) is 8.66. The minimum atomic E-state index is -0.282. The van der Waals surface area contributed by atoms with Gasteiger partial charge in [-0.15, -0.1) is 10.2 Å². The predicted molar refractivity (Wildman–Crippen MR) is 53.1 cm³/mol. The Morgan fingerprint density at radius 1 is 1.33 bits per heavy atom. The lowest BCUT2D eigenvalue weighted by Crippen LogP contribution is -2.19. The number of aryl methyl sites for hydroxylation is 2. The summed E-state index contributed by atoms with van der Waals surface area (Å²) in [6, 6.07) is 0. The first-order chi connectivity index (χ1) is 7.02. The van der Waals surface area contributed by atoms with E-state index < -0.39 is 0 Å². The largest absolute Gasteiger partial charge is 0.294 e. The van der Waals surface area contributed by atoms with Crippen LogP contribution in [-0.4, -0.2) is 25.6 Å². The molecule has 2 aromatic rings. The highest BCUT2D eigenvalue weighted by atomic mass is 16.1. The maximum atomic E-state index is 11.6. The fourth-order valence-electron chi connectivity index (χ4n) is 1.55. The van der Waals surface area contributed by atoms with E-state index in [1.54, 1.807) is 13.8 Å². The van der Waals surface area contributed by atoms with Gasteiger partial charge in [-0.1, -0.05) is 0 Å². The van der Waals surface area contributed by atoms with Crippen LogP contribution in [0.4, 0.5) is 0 Å². The zero-order chi connectivity index (χ0) is 11.2. The Morgan fingerprint density at radius 3 is 2.60 bits per heavy atom. The van der Waals surface area contributed by atoms with E-state index in [-0.39, 0.29) is 17.0 Å². The zero-order valence-corrected chi connectivity index (χ0v) is 8.66. The second-order valence-corrected chi connectivity index (χ2v) is 3.42. The predicted octanol–water partition coefficient (Wildman–Crippen LogP) is 0.237. The van der Waals surface area contributed by atoms with Gasteiger partial charge in [0.2, 0.25) is 0 Å². The first-order valence-corrected chi connectivity index (χ1v) is 4.48. The molecule has 0 fully saturated rings. The molecule has 0 radical (unpaired) electrons. The normalized spacial score (nSPS) is 10.9. The van der Waals surface area contributed by atoms with Crippen LogP contribution in [0.5, 0.6) is 0 Å². The number of ketones is 1. The van der Waals surface area contributed by atoms with Crippen molar-refractivity contribution in [1.82, 2.24) is 19.8 Å². The highest BCUT2D eigenvalue weighted by molar-refractivity contribution is 6.00. The average Bonchev–Trinajstić information content (AvgIpc) is 2.49. The standard InChI is InChI=1S/C9H10N4O2/c1-4-7(6(3)14)8-11-10-5(2)9(15)13(8)12-4/h12H,1-3H3. The van der Waals surface area contributed by atoms with Gasteiger partial charge in [0.05, 0.1) is 5.56 Å². The Morgan fingerprint density at radius 2 is 2.00 bits per heavy atom. The van der Waals surface area contributed by atoms with Crippen molar-refractivity contribution in [3.05, 3.63) is 27.3 Å². The smallest absolute Gasteiger partial charge is 0.294 e. The molecule has 0 aromatic carbocycles. The van der Waals surface area contributed by atoms with E-state index in [1.165, 1.54) is 11.4 Å². The van der Waals surface area contributed by atoms with Crippen LogP contribution in [0.1, 0.15) is 28.7 Å². The first kappa shape index (κ1) is 9.57. The lowest BCUT2D eigenvalue weighted by molar-refractivity contribution is 0.101. The fraction of sp³-hybridized carbons (Fsp3) is 0.333. The molecular weight excluding hydrogens is 196 g/mol. The molecule has 1 N–H and O–H groups in total. The summed E-state index contributed by atoms with van der Waals surface area (Å²) < 4.78 is 1.24.